The van der Waals surface area contributed by atoms with Gasteiger partial charge in [-0.3, -0.25) is 4.79 Å². The van der Waals surface area contributed by atoms with Crippen molar-refractivity contribution in [1.29, 1.82) is 0 Å². The van der Waals surface area contributed by atoms with Crippen LogP contribution in [0.5, 0.6) is 0 Å². The van der Waals surface area contributed by atoms with Gasteiger partial charge in [-0.05, 0) is 31.6 Å². The number of Topliss-reactive ketones (excluding diaryl/α,β-unsaturated/α-hetero) is 1. The first-order chi connectivity index (χ1) is 6.85. The molecule has 1 heteroatoms. The number of carbonyl (C=O) groups excluding carboxylic acids is 1. The molecule has 0 bridgehead atoms. The minimum Gasteiger partial charge on any atom is -0.299 e. The molecule has 15 heavy (non-hydrogen) atoms. The van der Waals surface area contributed by atoms with Crippen molar-refractivity contribution in [2.45, 2.75) is 41.0 Å². The number of allylic oxidation sites excluding steroid dienone is 4. The highest BCUT2D eigenvalue weighted by Gasteiger charge is 2.32. The molecule has 1 aliphatic carbocycles. The molecule has 2 unspecified atom stereocenters. The van der Waals surface area contributed by atoms with Gasteiger partial charge in [0, 0.05) is 5.92 Å². The molecule has 0 saturated heterocycles. The molecule has 2 atom stereocenters. The third-order valence-corrected chi connectivity index (χ3v) is 3.89. The van der Waals surface area contributed by atoms with Crippen LogP contribution in [0.4, 0.5) is 0 Å². The molecule has 0 saturated carbocycles. The Labute approximate surface area is 93.3 Å². The van der Waals surface area contributed by atoms with E-state index in [0.717, 1.165) is 6.42 Å². The topological polar surface area (TPSA) is 17.1 Å². The zero-order valence-electron chi connectivity index (χ0n) is 10.5. The van der Waals surface area contributed by atoms with Gasteiger partial charge in [-0.2, -0.15) is 0 Å². The monoisotopic (exact) mass is 206 g/mol. The predicted molar refractivity (Wildman–Crippen MR) is 64.6 cm³/mol. The number of ketones is 1. The van der Waals surface area contributed by atoms with Crippen molar-refractivity contribution in [1.82, 2.24) is 0 Å². The van der Waals surface area contributed by atoms with E-state index in [9.17, 15) is 4.79 Å². The number of hydrogen-bond acceptors (Lipinski definition) is 1. The van der Waals surface area contributed by atoms with Gasteiger partial charge in [0.2, 0.25) is 0 Å². The smallest absolute Gasteiger partial charge is 0.136 e. The van der Waals surface area contributed by atoms with Crippen LogP contribution >= 0.6 is 0 Å². The Bertz CT molecular complexity index is 307. The average Bonchev–Trinajstić information content (AvgIpc) is 2.39. The minimum atomic E-state index is 0.0571. The zero-order chi connectivity index (χ0) is 11.6. The van der Waals surface area contributed by atoms with E-state index < -0.39 is 0 Å². The lowest BCUT2D eigenvalue weighted by atomic mass is 9.77. The lowest BCUT2D eigenvalue weighted by molar-refractivity contribution is -0.118. The molecule has 0 aromatic heterocycles. The fourth-order valence-corrected chi connectivity index (χ4v) is 1.91. The number of rotatable bonds is 3. The Balaban J connectivity index is 2.66. The second-order valence-corrected chi connectivity index (χ2v) is 5.24. The van der Waals surface area contributed by atoms with Gasteiger partial charge in [-0.1, -0.05) is 44.6 Å². The van der Waals surface area contributed by atoms with Gasteiger partial charge in [0.25, 0.3) is 0 Å². The highest BCUT2D eigenvalue weighted by Crippen LogP contribution is 2.43. The first-order valence-corrected chi connectivity index (χ1v) is 5.71. The molecule has 1 nitrogen and oxygen atoms in total. The van der Waals surface area contributed by atoms with Crippen molar-refractivity contribution in [2.75, 3.05) is 0 Å². The summed E-state index contributed by atoms with van der Waals surface area (Å²) in [4.78, 5) is 11.1. The lowest BCUT2D eigenvalue weighted by Crippen LogP contribution is -2.18. The molecule has 0 aromatic carbocycles. The number of hydrogen-bond donors (Lipinski definition) is 0. The standard InChI is InChI=1S/C14H22O/c1-10(12(3)15)6-8-13-9-7-11(2)14(13,4)5/h6-8,10,13H,9H2,1-5H3/b8-6+. The van der Waals surface area contributed by atoms with Crippen LogP contribution in [0.2, 0.25) is 0 Å². The Morgan fingerprint density at radius 1 is 1.60 bits per heavy atom. The average molecular weight is 206 g/mol. The molecule has 84 valence electrons. The van der Waals surface area contributed by atoms with E-state index in [1.807, 2.05) is 6.92 Å². The zero-order valence-corrected chi connectivity index (χ0v) is 10.5. The molecule has 0 N–H and O–H groups in total. The second kappa shape index (κ2) is 4.34. The summed E-state index contributed by atoms with van der Waals surface area (Å²) in [6.07, 6.45) is 7.70. The minimum absolute atomic E-state index is 0.0571. The van der Waals surface area contributed by atoms with Gasteiger partial charge in [-0.15, -0.1) is 0 Å². The Morgan fingerprint density at radius 2 is 2.20 bits per heavy atom. The summed E-state index contributed by atoms with van der Waals surface area (Å²) in [5.74, 6) is 0.854. The van der Waals surface area contributed by atoms with Crippen LogP contribution < -0.4 is 0 Å². The van der Waals surface area contributed by atoms with E-state index in [1.54, 1.807) is 6.92 Å². The van der Waals surface area contributed by atoms with E-state index in [0.29, 0.717) is 5.92 Å². The van der Waals surface area contributed by atoms with Crippen LogP contribution in [0.15, 0.2) is 23.8 Å². The highest BCUT2D eigenvalue weighted by molar-refractivity contribution is 5.79. The molecule has 0 radical (unpaired) electrons. The van der Waals surface area contributed by atoms with E-state index in [2.05, 4.69) is 39.0 Å². The van der Waals surface area contributed by atoms with E-state index in [4.69, 9.17) is 0 Å². The van der Waals surface area contributed by atoms with Crippen LogP contribution in [0.3, 0.4) is 0 Å². The maximum absolute atomic E-state index is 11.1. The van der Waals surface area contributed by atoms with Crippen LogP contribution in [-0.4, -0.2) is 5.78 Å². The van der Waals surface area contributed by atoms with Crippen molar-refractivity contribution in [3.63, 3.8) is 0 Å². The van der Waals surface area contributed by atoms with Crippen molar-refractivity contribution < 1.29 is 4.79 Å². The fraction of sp³-hybridized carbons (Fsp3) is 0.643. The van der Waals surface area contributed by atoms with Crippen LogP contribution in [0.1, 0.15) is 41.0 Å². The van der Waals surface area contributed by atoms with Gasteiger partial charge in [0.05, 0.1) is 0 Å². The van der Waals surface area contributed by atoms with Gasteiger partial charge in [-0.25, -0.2) is 0 Å². The SMILES string of the molecule is CC(=O)C(C)/C=C/C1CC=C(C)C1(C)C. The summed E-state index contributed by atoms with van der Waals surface area (Å²) in [5, 5.41) is 0. The molecule has 1 aliphatic rings. The molecule has 0 amide bonds. The van der Waals surface area contributed by atoms with Crippen LogP contribution in [-0.2, 0) is 4.79 Å². The molecule has 0 fully saturated rings. The summed E-state index contributed by atoms with van der Waals surface area (Å²) in [5.41, 5.74) is 1.72. The number of carbonyl (C=O) groups is 1. The summed E-state index contributed by atoms with van der Waals surface area (Å²) >= 11 is 0. The molecular formula is C14H22O. The summed E-state index contributed by atoms with van der Waals surface area (Å²) in [6.45, 7) is 10.4. The Morgan fingerprint density at radius 3 is 2.60 bits per heavy atom. The molecule has 1 rings (SSSR count). The third kappa shape index (κ3) is 2.58. The Hall–Kier alpha value is -0.850. The molecule has 0 aromatic rings. The van der Waals surface area contributed by atoms with Crippen molar-refractivity contribution >= 4 is 5.78 Å². The maximum Gasteiger partial charge on any atom is 0.136 e. The van der Waals surface area contributed by atoms with Crippen LogP contribution in [0.25, 0.3) is 0 Å². The quantitative estimate of drug-likeness (QED) is 0.643. The molecule has 0 heterocycles. The first kappa shape index (κ1) is 12.2. The summed E-state index contributed by atoms with van der Waals surface area (Å²) in [6, 6.07) is 0. The van der Waals surface area contributed by atoms with Crippen LogP contribution in [0, 0.1) is 17.3 Å². The largest absolute Gasteiger partial charge is 0.299 e. The van der Waals surface area contributed by atoms with Gasteiger partial charge in [0.1, 0.15) is 5.78 Å². The molecule has 0 spiro atoms. The van der Waals surface area contributed by atoms with E-state index >= 15 is 0 Å². The second-order valence-electron chi connectivity index (χ2n) is 5.24. The van der Waals surface area contributed by atoms with Gasteiger partial charge >= 0.3 is 0 Å². The normalized spacial score (nSPS) is 26.7. The van der Waals surface area contributed by atoms with Crippen molar-refractivity contribution in [3.05, 3.63) is 23.8 Å². The predicted octanol–water partition coefficient (Wildman–Crippen LogP) is 3.76. The van der Waals surface area contributed by atoms with Gasteiger partial charge in [0.15, 0.2) is 0 Å². The molecular weight excluding hydrogens is 184 g/mol. The van der Waals surface area contributed by atoms with E-state index in [-0.39, 0.29) is 17.1 Å². The third-order valence-electron chi connectivity index (χ3n) is 3.89. The van der Waals surface area contributed by atoms with Crippen molar-refractivity contribution in [3.8, 4) is 0 Å². The highest BCUT2D eigenvalue weighted by atomic mass is 16.1. The van der Waals surface area contributed by atoms with E-state index in [1.165, 1.54) is 5.57 Å². The first-order valence-electron chi connectivity index (χ1n) is 5.71. The fourth-order valence-electron chi connectivity index (χ4n) is 1.91. The van der Waals surface area contributed by atoms with Crippen molar-refractivity contribution in [2.24, 2.45) is 17.3 Å². The molecule has 0 aliphatic heterocycles. The van der Waals surface area contributed by atoms with Gasteiger partial charge < -0.3 is 0 Å². The lowest BCUT2D eigenvalue weighted by Gasteiger charge is -2.27. The Kier molecular flexibility index (Phi) is 3.54. The summed E-state index contributed by atoms with van der Waals surface area (Å²) in [7, 11) is 0. The summed E-state index contributed by atoms with van der Waals surface area (Å²) < 4.78 is 0. The maximum atomic E-state index is 11.1.